The topological polar surface area (TPSA) is 55.6 Å². The van der Waals surface area contributed by atoms with E-state index in [4.69, 9.17) is 0 Å². The van der Waals surface area contributed by atoms with Crippen LogP contribution in [0.4, 0.5) is 5.69 Å². The van der Waals surface area contributed by atoms with E-state index < -0.39 is 0 Å². The van der Waals surface area contributed by atoms with Gasteiger partial charge in [0.25, 0.3) is 0 Å². The van der Waals surface area contributed by atoms with Gasteiger partial charge in [-0.2, -0.15) is 0 Å². The van der Waals surface area contributed by atoms with Gasteiger partial charge in [-0.1, -0.05) is 18.2 Å². The van der Waals surface area contributed by atoms with Gasteiger partial charge in [-0.05, 0) is 53.8 Å². The monoisotopic (exact) mass is 379 g/mol. The Morgan fingerprint density at radius 2 is 1.86 bits per heavy atom. The molecule has 3 heterocycles. The summed E-state index contributed by atoms with van der Waals surface area (Å²) in [7, 11) is 2.07. The Morgan fingerprint density at radius 1 is 0.966 bits per heavy atom. The molecular formula is C24H21N5. The van der Waals surface area contributed by atoms with Crippen molar-refractivity contribution < 1.29 is 0 Å². The van der Waals surface area contributed by atoms with E-state index in [1.165, 1.54) is 10.9 Å². The van der Waals surface area contributed by atoms with Crippen LogP contribution in [0.5, 0.6) is 0 Å². The highest BCUT2D eigenvalue weighted by Crippen LogP contribution is 2.33. The van der Waals surface area contributed by atoms with Gasteiger partial charge in [-0.3, -0.25) is 15.0 Å². The Morgan fingerprint density at radius 3 is 2.72 bits per heavy atom. The van der Waals surface area contributed by atoms with Gasteiger partial charge in [0.15, 0.2) is 0 Å². The van der Waals surface area contributed by atoms with Crippen LogP contribution >= 0.6 is 0 Å². The lowest BCUT2D eigenvalue weighted by atomic mass is 10.0. The lowest BCUT2D eigenvalue weighted by Crippen LogP contribution is -2.07. The van der Waals surface area contributed by atoms with E-state index in [2.05, 4.69) is 87.5 Å². The van der Waals surface area contributed by atoms with Gasteiger partial charge < -0.3 is 9.88 Å². The maximum atomic E-state index is 4.62. The molecule has 0 amide bonds. The molecule has 5 rings (SSSR count). The molecule has 0 saturated heterocycles. The maximum Gasteiger partial charge on any atom is 0.0966 e. The third-order valence-electron chi connectivity index (χ3n) is 5.34. The molecule has 0 spiro atoms. The Balaban J connectivity index is 1.63. The molecule has 2 aromatic carbocycles. The predicted octanol–water partition coefficient (Wildman–Crippen LogP) is 5.36. The number of fused-ring (bicyclic) bond motifs is 2. The summed E-state index contributed by atoms with van der Waals surface area (Å²) in [5.74, 6) is 0. The Hall–Kier alpha value is -3.73. The summed E-state index contributed by atoms with van der Waals surface area (Å²) in [6.07, 6.45) is 9.25. The zero-order chi connectivity index (χ0) is 19.8. The summed E-state index contributed by atoms with van der Waals surface area (Å²) in [5.41, 5.74) is 7.32. The number of aromatic nitrogens is 4. The van der Waals surface area contributed by atoms with Crippen molar-refractivity contribution >= 4 is 27.6 Å². The number of anilines is 1. The summed E-state index contributed by atoms with van der Waals surface area (Å²) in [6, 6.07) is 17.0. The number of nitrogens with zero attached hydrogens (tertiary/aromatic N) is 4. The first-order valence-corrected chi connectivity index (χ1v) is 9.66. The molecular weight excluding hydrogens is 358 g/mol. The highest BCUT2D eigenvalue weighted by atomic mass is 14.9. The molecule has 0 saturated carbocycles. The van der Waals surface area contributed by atoms with Crippen molar-refractivity contribution in [2.75, 3.05) is 5.32 Å². The number of nitrogens with one attached hydrogen (secondary N) is 1. The van der Waals surface area contributed by atoms with Crippen molar-refractivity contribution in [3.05, 3.63) is 85.1 Å². The van der Waals surface area contributed by atoms with Crippen LogP contribution in [0.2, 0.25) is 0 Å². The zero-order valence-electron chi connectivity index (χ0n) is 16.4. The normalized spacial score (nSPS) is 12.3. The van der Waals surface area contributed by atoms with E-state index in [-0.39, 0.29) is 6.04 Å². The minimum absolute atomic E-state index is 0.126. The maximum absolute atomic E-state index is 4.62. The van der Waals surface area contributed by atoms with Crippen molar-refractivity contribution in [3.63, 3.8) is 0 Å². The third kappa shape index (κ3) is 3.21. The second kappa shape index (κ2) is 7.02. The van der Waals surface area contributed by atoms with Crippen molar-refractivity contribution in [3.8, 4) is 11.1 Å². The molecule has 5 heteroatoms. The van der Waals surface area contributed by atoms with E-state index >= 15 is 0 Å². The van der Waals surface area contributed by atoms with Gasteiger partial charge in [-0.15, -0.1) is 0 Å². The van der Waals surface area contributed by atoms with Crippen molar-refractivity contribution in [2.45, 2.75) is 13.0 Å². The number of pyridine rings is 1. The number of benzene rings is 2. The smallest absolute Gasteiger partial charge is 0.0966 e. The molecule has 3 aromatic heterocycles. The van der Waals surface area contributed by atoms with Crippen LogP contribution in [-0.2, 0) is 7.05 Å². The Kier molecular flexibility index (Phi) is 4.21. The van der Waals surface area contributed by atoms with Gasteiger partial charge in [-0.25, -0.2) is 0 Å². The zero-order valence-corrected chi connectivity index (χ0v) is 16.4. The van der Waals surface area contributed by atoms with Crippen molar-refractivity contribution in [1.82, 2.24) is 19.5 Å². The van der Waals surface area contributed by atoms with Crippen LogP contribution in [0.25, 0.3) is 33.1 Å². The molecule has 142 valence electrons. The van der Waals surface area contributed by atoms with Crippen LogP contribution in [0.1, 0.15) is 18.5 Å². The van der Waals surface area contributed by atoms with Crippen LogP contribution in [0.3, 0.4) is 0 Å². The average molecular weight is 379 g/mol. The molecule has 5 aromatic rings. The number of hydrogen-bond donors (Lipinski definition) is 1. The van der Waals surface area contributed by atoms with E-state index in [1.54, 1.807) is 18.6 Å². The molecule has 5 nitrogen and oxygen atoms in total. The number of rotatable bonds is 4. The minimum atomic E-state index is 0.126. The minimum Gasteiger partial charge on any atom is -0.378 e. The average Bonchev–Trinajstić information content (AvgIpc) is 3.14. The SMILES string of the molecule is C[C@@H](Nc1cc(-c2ccc3ccn(C)c3c2)c2nccnc2c1)c1cccnc1. The van der Waals surface area contributed by atoms with Gasteiger partial charge >= 0.3 is 0 Å². The van der Waals surface area contributed by atoms with E-state index in [0.717, 1.165) is 33.4 Å². The van der Waals surface area contributed by atoms with Crippen molar-refractivity contribution in [1.29, 1.82) is 0 Å². The van der Waals surface area contributed by atoms with Gasteiger partial charge in [0, 0.05) is 54.8 Å². The Bertz CT molecular complexity index is 1310. The fourth-order valence-corrected chi connectivity index (χ4v) is 3.77. The summed E-state index contributed by atoms with van der Waals surface area (Å²) in [6.45, 7) is 2.13. The fraction of sp³-hybridized carbons (Fsp3) is 0.125. The van der Waals surface area contributed by atoms with Gasteiger partial charge in [0.05, 0.1) is 17.1 Å². The molecule has 1 atom stereocenters. The van der Waals surface area contributed by atoms with Crippen molar-refractivity contribution in [2.24, 2.45) is 7.05 Å². The molecule has 0 bridgehead atoms. The molecule has 1 N–H and O–H groups in total. The van der Waals surface area contributed by atoms with E-state index in [0.29, 0.717) is 0 Å². The first-order valence-electron chi connectivity index (χ1n) is 9.66. The van der Waals surface area contributed by atoms with Crippen LogP contribution in [0, 0.1) is 0 Å². The van der Waals surface area contributed by atoms with Gasteiger partial charge in [0.1, 0.15) is 0 Å². The predicted molar refractivity (Wildman–Crippen MR) is 118 cm³/mol. The molecule has 0 aliphatic rings. The standard InChI is InChI=1S/C24H21N5/c1-16(19-4-3-8-25-15-19)28-20-13-21(24-22(14-20)26-9-10-27-24)18-6-5-17-7-11-29(2)23(17)12-18/h3-16,28H,1-2H3/t16-/m1/s1. The lowest BCUT2D eigenvalue weighted by Gasteiger charge is -2.17. The largest absolute Gasteiger partial charge is 0.378 e. The first-order chi connectivity index (χ1) is 14.2. The van der Waals surface area contributed by atoms with Crippen LogP contribution in [-0.4, -0.2) is 19.5 Å². The fourth-order valence-electron chi connectivity index (χ4n) is 3.77. The highest BCUT2D eigenvalue weighted by molar-refractivity contribution is 5.97. The second-order valence-electron chi connectivity index (χ2n) is 7.30. The molecule has 29 heavy (non-hydrogen) atoms. The molecule has 0 radical (unpaired) electrons. The van der Waals surface area contributed by atoms with E-state index in [1.807, 2.05) is 12.3 Å². The number of aryl methyl sites for hydroxylation is 1. The summed E-state index contributed by atoms with van der Waals surface area (Å²) in [4.78, 5) is 13.4. The van der Waals surface area contributed by atoms with Gasteiger partial charge in [0.2, 0.25) is 0 Å². The van der Waals surface area contributed by atoms with E-state index in [9.17, 15) is 0 Å². The molecule has 0 fully saturated rings. The van der Waals surface area contributed by atoms with Crippen LogP contribution in [0.15, 0.2) is 79.5 Å². The summed E-state index contributed by atoms with van der Waals surface area (Å²) in [5, 5.41) is 4.82. The molecule has 0 aliphatic heterocycles. The van der Waals surface area contributed by atoms with Crippen LogP contribution < -0.4 is 5.32 Å². The quantitative estimate of drug-likeness (QED) is 0.457. The first kappa shape index (κ1) is 17.4. The third-order valence-corrected chi connectivity index (χ3v) is 5.34. The molecule has 0 unspecified atom stereocenters. The summed E-state index contributed by atoms with van der Waals surface area (Å²) >= 11 is 0. The second-order valence-corrected chi connectivity index (χ2v) is 7.30. The molecule has 0 aliphatic carbocycles. The highest BCUT2D eigenvalue weighted by Gasteiger charge is 2.12. The Labute approximate surface area is 169 Å². The number of hydrogen-bond acceptors (Lipinski definition) is 4. The lowest BCUT2D eigenvalue weighted by molar-refractivity contribution is 0.876. The summed E-state index contributed by atoms with van der Waals surface area (Å²) < 4.78 is 2.14.